The van der Waals surface area contributed by atoms with Crippen molar-refractivity contribution in [1.29, 1.82) is 0 Å². The van der Waals surface area contributed by atoms with Gasteiger partial charge in [-0.1, -0.05) is 36.5 Å². The molecule has 1 fully saturated rings. The Balaban J connectivity index is 2.21. The van der Waals surface area contributed by atoms with Gasteiger partial charge in [-0.2, -0.15) is 0 Å². The van der Waals surface area contributed by atoms with Gasteiger partial charge < -0.3 is 5.11 Å². The third-order valence-corrected chi connectivity index (χ3v) is 3.09. The smallest absolute Gasteiger partial charge is 0.184 e. The van der Waals surface area contributed by atoms with E-state index in [1.165, 1.54) is 0 Å². The molecule has 1 aliphatic rings. The molecule has 0 aromatic heterocycles. The zero-order chi connectivity index (χ0) is 12.1. The molecule has 1 aromatic rings. The molecule has 2 rings (SSSR count). The fraction of sp³-hybridized carbons (Fsp3) is 0.400. The van der Waals surface area contributed by atoms with E-state index in [-0.39, 0.29) is 5.78 Å². The van der Waals surface area contributed by atoms with Crippen molar-refractivity contribution in [3.8, 4) is 11.8 Å². The van der Waals surface area contributed by atoms with Crippen LogP contribution in [0.15, 0.2) is 30.3 Å². The van der Waals surface area contributed by atoms with Crippen LogP contribution in [0.1, 0.15) is 37.7 Å². The van der Waals surface area contributed by atoms with Gasteiger partial charge in [-0.25, -0.2) is 0 Å². The Morgan fingerprint density at radius 3 is 2.65 bits per heavy atom. The predicted octanol–water partition coefficient (Wildman–Crippen LogP) is 2.30. The van der Waals surface area contributed by atoms with E-state index in [1.807, 2.05) is 30.3 Å². The molecule has 0 aliphatic heterocycles. The van der Waals surface area contributed by atoms with Crippen LogP contribution in [-0.2, 0) is 4.79 Å². The minimum atomic E-state index is -1.42. The van der Waals surface area contributed by atoms with E-state index < -0.39 is 5.60 Å². The standard InChI is InChI=1S/C15H16O2/c16-14-9-5-2-6-11-15(14,17)12-10-13-7-3-1-4-8-13/h1,3-4,7-8,17H,2,5-6,9,11H2. The fourth-order valence-electron chi connectivity index (χ4n) is 2.02. The molecule has 1 N–H and O–H groups in total. The Hall–Kier alpha value is -1.59. The van der Waals surface area contributed by atoms with Crippen molar-refractivity contribution < 1.29 is 9.90 Å². The molecule has 17 heavy (non-hydrogen) atoms. The SMILES string of the molecule is O=C1CCCCCC1(O)C#Cc1ccccc1. The van der Waals surface area contributed by atoms with Gasteiger partial charge in [0.15, 0.2) is 11.4 Å². The van der Waals surface area contributed by atoms with Crippen molar-refractivity contribution in [2.24, 2.45) is 0 Å². The highest BCUT2D eigenvalue weighted by Gasteiger charge is 2.34. The Morgan fingerprint density at radius 2 is 1.88 bits per heavy atom. The van der Waals surface area contributed by atoms with E-state index in [2.05, 4.69) is 11.8 Å². The van der Waals surface area contributed by atoms with E-state index in [4.69, 9.17) is 0 Å². The second-order valence-electron chi connectivity index (χ2n) is 4.46. The molecule has 88 valence electrons. The van der Waals surface area contributed by atoms with Gasteiger partial charge in [-0.3, -0.25) is 4.79 Å². The summed E-state index contributed by atoms with van der Waals surface area (Å²) in [7, 11) is 0. The molecular weight excluding hydrogens is 212 g/mol. The van der Waals surface area contributed by atoms with E-state index in [9.17, 15) is 9.90 Å². The summed E-state index contributed by atoms with van der Waals surface area (Å²) in [5.74, 6) is 5.53. The first-order valence-corrected chi connectivity index (χ1v) is 6.05. The summed E-state index contributed by atoms with van der Waals surface area (Å²) in [5.41, 5.74) is -0.593. The van der Waals surface area contributed by atoms with E-state index in [0.29, 0.717) is 12.8 Å². The first-order chi connectivity index (χ1) is 8.21. The van der Waals surface area contributed by atoms with Crippen molar-refractivity contribution in [2.75, 3.05) is 0 Å². The predicted molar refractivity (Wildman–Crippen MR) is 66.4 cm³/mol. The molecule has 0 saturated heterocycles. The maximum atomic E-state index is 11.8. The average Bonchev–Trinajstić information content (AvgIpc) is 2.52. The van der Waals surface area contributed by atoms with Crippen LogP contribution < -0.4 is 0 Å². The van der Waals surface area contributed by atoms with Gasteiger partial charge in [0.05, 0.1) is 0 Å². The minimum Gasteiger partial charge on any atom is -0.371 e. The number of Topliss-reactive ketones (excluding diaryl/α,β-unsaturated/α-hetero) is 1. The van der Waals surface area contributed by atoms with Gasteiger partial charge in [0.1, 0.15) is 0 Å². The summed E-state index contributed by atoms with van der Waals surface area (Å²) in [6.45, 7) is 0. The fourth-order valence-corrected chi connectivity index (χ4v) is 2.02. The van der Waals surface area contributed by atoms with Crippen LogP contribution in [-0.4, -0.2) is 16.5 Å². The lowest BCUT2D eigenvalue weighted by molar-refractivity contribution is -0.132. The lowest BCUT2D eigenvalue weighted by Crippen LogP contribution is -2.35. The number of carbonyl (C=O) groups excluding carboxylic acids is 1. The lowest BCUT2D eigenvalue weighted by Gasteiger charge is -2.17. The van der Waals surface area contributed by atoms with Crippen molar-refractivity contribution in [2.45, 2.75) is 37.7 Å². The van der Waals surface area contributed by atoms with Crippen LogP contribution in [0.4, 0.5) is 0 Å². The molecule has 2 nitrogen and oxygen atoms in total. The molecule has 2 heteroatoms. The number of benzene rings is 1. The summed E-state index contributed by atoms with van der Waals surface area (Å²) in [5, 5.41) is 10.3. The van der Waals surface area contributed by atoms with Crippen molar-refractivity contribution in [1.82, 2.24) is 0 Å². The molecule has 0 spiro atoms. The van der Waals surface area contributed by atoms with Crippen molar-refractivity contribution in [3.05, 3.63) is 35.9 Å². The van der Waals surface area contributed by atoms with Crippen LogP contribution in [0.25, 0.3) is 0 Å². The Morgan fingerprint density at radius 1 is 1.12 bits per heavy atom. The number of carbonyl (C=O) groups is 1. The number of hydrogen-bond acceptors (Lipinski definition) is 2. The third kappa shape index (κ3) is 2.95. The van der Waals surface area contributed by atoms with Gasteiger partial charge in [0, 0.05) is 12.0 Å². The van der Waals surface area contributed by atoms with E-state index in [1.54, 1.807) is 0 Å². The molecule has 1 atom stereocenters. The normalized spacial score (nSPS) is 24.6. The second-order valence-corrected chi connectivity index (χ2v) is 4.46. The highest BCUT2D eigenvalue weighted by Crippen LogP contribution is 2.23. The zero-order valence-electron chi connectivity index (χ0n) is 9.78. The molecule has 1 aliphatic carbocycles. The maximum Gasteiger partial charge on any atom is 0.184 e. The third-order valence-electron chi connectivity index (χ3n) is 3.09. The highest BCUT2D eigenvalue weighted by atomic mass is 16.3. The highest BCUT2D eigenvalue weighted by molar-refractivity contribution is 5.90. The molecule has 0 radical (unpaired) electrons. The summed E-state index contributed by atoms with van der Waals surface area (Å²) < 4.78 is 0. The Kier molecular flexibility index (Phi) is 3.61. The summed E-state index contributed by atoms with van der Waals surface area (Å²) >= 11 is 0. The summed E-state index contributed by atoms with van der Waals surface area (Å²) in [6.07, 6.45) is 3.65. The topological polar surface area (TPSA) is 37.3 Å². The monoisotopic (exact) mass is 228 g/mol. The molecule has 1 aromatic carbocycles. The largest absolute Gasteiger partial charge is 0.371 e. The lowest BCUT2D eigenvalue weighted by atomic mass is 9.93. The van der Waals surface area contributed by atoms with E-state index >= 15 is 0 Å². The maximum absolute atomic E-state index is 11.8. The van der Waals surface area contributed by atoms with Gasteiger partial charge >= 0.3 is 0 Å². The van der Waals surface area contributed by atoms with E-state index in [0.717, 1.165) is 24.8 Å². The molecule has 0 heterocycles. The van der Waals surface area contributed by atoms with Gasteiger partial charge in [0.2, 0.25) is 0 Å². The van der Waals surface area contributed by atoms with Crippen molar-refractivity contribution in [3.63, 3.8) is 0 Å². The molecule has 0 amide bonds. The molecule has 0 bridgehead atoms. The van der Waals surface area contributed by atoms with Gasteiger partial charge in [-0.05, 0) is 31.4 Å². The van der Waals surface area contributed by atoms with Crippen LogP contribution in [0.5, 0.6) is 0 Å². The number of aliphatic hydroxyl groups is 1. The molecule has 1 saturated carbocycles. The first kappa shape index (κ1) is 11.9. The number of rotatable bonds is 0. The number of hydrogen-bond donors (Lipinski definition) is 1. The van der Waals surface area contributed by atoms with Crippen molar-refractivity contribution >= 4 is 5.78 Å². The summed E-state index contributed by atoms with van der Waals surface area (Å²) in [6, 6.07) is 9.44. The average molecular weight is 228 g/mol. The molecule has 1 unspecified atom stereocenters. The van der Waals surface area contributed by atoms with Crippen LogP contribution >= 0.6 is 0 Å². The Bertz CT molecular complexity index is 453. The summed E-state index contributed by atoms with van der Waals surface area (Å²) in [4.78, 5) is 11.8. The second kappa shape index (κ2) is 5.16. The van der Waals surface area contributed by atoms with Gasteiger partial charge in [0.25, 0.3) is 0 Å². The minimum absolute atomic E-state index is 0.126. The number of ketones is 1. The van der Waals surface area contributed by atoms with Crippen LogP contribution in [0, 0.1) is 11.8 Å². The van der Waals surface area contributed by atoms with Crippen LogP contribution in [0.3, 0.4) is 0 Å². The van der Waals surface area contributed by atoms with Gasteiger partial charge in [-0.15, -0.1) is 0 Å². The molecular formula is C15H16O2. The first-order valence-electron chi connectivity index (χ1n) is 6.05. The van der Waals surface area contributed by atoms with Crippen LogP contribution in [0.2, 0.25) is 0 Å². The zero-order valence-corrected chi connectivity index (χ0v) is 9.78. The quantitative estimate of drug-likeness (QED) is 0.546. The Labute approximate surface area is 102 Å².